The molecule has 1 aliphatic heterocycles. The third-order valence-corrected chi connectivity index (χ3v) is 8.74. The Bertz CT molecular complexity index is 1880. The van der Waals surface area contributed by atoms with E-state index in [1.54, 1.807) is 6.07 Å². The number of carbonyl (C=O) groups excluding carboxylic acids is 1. The fraction of sp³-hybridized carbons (Fsp3) is 0.235. The molecular weight excluding hydrogens is 583 g/mol. The Morgan fingerprint density at radius 2 is 1.93 bits per heavy atom. The van der Waals surface area contributed by atoms with E-state index in [1.807, 2.05) is 68.5 Å². The first-order valence-corrected chi connectivity index (χ1v) is 15.3. The number of aromatic nitrogens is 1. The molecule has 1 saturated carbocycles. The van der Waals surface area contributed by atoms with Crippen molar-refractivity contribution in [2.75, 3.05) is 10.6 Å². The summed E-state index contributed by atoms with van der Waals surface area (Å²) in [7, 11) is 2.04. The van der Waals surface area contributed by atoms with Gasteiger partial charge < -0.3 is 16.1 Å². The predicted octanol–water partition coefficient (Wildman–Crippen LogP) is 5.65. The van der Waals surface area contributed by atoms with Crippen LogP contribution in [0.4, 0.5) is 11.4 Å². The number of Topliss-reactive ketones (excluding diaryl/α,β-unsaturated/α-hetero) is 1. The molecule has 224 valence electrons. The second-order valence-electron chi connectivity index (χ2n) is 11.6. The monoisotopic (exact) mass is 614 g/mol. The van der Waals surface area contributed by atoms with E-state index in [-0.39, 0.29) is 11.8 Å². The Hall–Kier alpha value is -5.03. The SMILES string of the molecule is BC(Nc1cc(C(C)=O)c2ncc(C#N)c(N[C@H](CCC#N)c3ccccc3)c2c1)(C1=CN(C2CC2)NN1)c1ccccc1Cl. The first-order valence-electron chi connectivity index (χ1n) is 14.9. The van der Waals surface area contributed by atoms with Gasteiger partial charge in [-0.1, -0.05) is 60.1 Å². The van der Waals surface area contributed by atoms with Crippen LogP contribution < -0.4 is 21.6 Å². The van der Waals surface area contributed by atoms with E-state index < -0.39 is 5.44 Å². The van der Waals surface area contributed by atoms with Crippen LogP contribution in [-0.2, 0) is 5.44 Å². The van der Waals surface area contributed by atoms with Crippen LogP contribution in [0.25, 0.3) is 10.9 Å². The molecule has 45 heavy (non-hydrogen) atoms. The summed E-state index contributed by atoms with van der Waals surface area (Å²) in [5.74, 6) is -0.157. The minimum absolute atomic E-state index is 0.157. The van der Waals surface area contributed by atoms with Gasteiger partial charge in [-0.2, -0.15) is 10.5 Å². The number of hydrazine groups is 2. The van der Waals surface area contributed by atoms with Gasteiger partial charge in [0.1, 0.15) is 13.9 Å². The lowest BCUT2D eigenvalue weighted by molar-refractivity contribution is 0.101. The molecule has 2 heterocycles. The number of anilines is 2. The van der Waals surface area contributed by atoms with E-state index >= 15 is 0 Å². The van der Waals surface area contributed by atoms with E-state index in [4.69, 9.17) is 11.6 Å². The Kier molecular flexibility index (Phi) is 8.36. The smallest absolute Gasteiger partial charge is 0.162 e. The summed E-state index contributed by atoms with van der Waals surface area (Å²) in [6.07, 6.45) is 6.64. The molecule has 0 spiro atoms. The summed E-state index contributed by atoms with van der Waals surface area (Å²) < 4.78 is 0. The third kappa shape index (κ3) is 6.03. The average molecular weight is 615 g/mol. The first-order chi connectivity index (χ1) is 21.8. The van der Waals surface area contributed by atoms with Crippen molar-refractivity contribution in [1.29, 1.82) is 10.5 Å². The standard InChI is InChI=1S/C34H32BClN8O/c1-21(45)26-16-24(41-34(35,28-10-5-6-11-29(28)36)31-20-44(43-42-31)25-13-14-25)17-27-32(23(18-38)19-39-33(26)27)40-30(12-7-15-37)22-8-3-2-4-9-22/h2-6,8-11,16-17,19-20,25,30,41-43H,7,12-14,35H2,1H3,(H,39,40)/t30-,34?/m1/s1. The molecule has 2 aliphatic rings. The predicted molar refractivity (Wildman–Crippen MR) is 179 cm³/mol. The highest BCUT2D eigenvalue weighted by Gasteiger charge is 2.39. The number of nitrogens with one attached hydrogen (secondary N) is 4. The minimum atomic E-state index is -0.843. The number of benzene rings is 3. The zero-order chi connectivity index (χ0) is 31.6. The lowest BCUT2D eigenvalue weighted by atomic mass is 9.69. The van der Waals surface area contributed by atoms with Crippen molar-refractivity contribution >= 4 is 47.5 Å². The molecule has 0 bridgehead atoms. The fourth-order valence-corrected chi connectivity index (χ4v) is 6.17. The molecule has 3 aromatic carbocycles. The molecule has 2 atom stereocenters. The topological polar surface area (TPSA) is 129 Å². The van der Waals surface area contributed by atoms with Crippen LogP contribution in [0.3, 0.4) is 0 Å². The van der Waals surface area contributed by atoms with Gasteiger partial charge in [0.05, 0.1) is 40.0 Å². The van der Waals surface area contributed by atoms with E-state index in [2.05, 4.69) is 49.9 Å². The van der Waals surface area contributed by atoms with Gasteiger partial charge in [0.15, 0.2) is 5.78 Å². The number of pyridine rings is 1. The van der Waals surface area contributed by atoms with Crippen molar-refractivity contribution in [2.45, 2.75) is 50.1 Å². The van der Waals surface area contributed by atoms with Crippen LogP contribution in [0.2, 0.25) is 5.02 Å². The van der Waals surface area contributed by atoms with Gasteiger partial charge >= 0.3 is 0 Å². The van der Waals surface area contributed by atoms with Crippen LogP contribution in [0.15, 0.2) is 84.8 Å². The molecule has 1 aliphatic carbocycles. The second-order valence-corrected chi connectivity index (χ2v) is 12.0. The number of rotatable bonds is 11. The number of ketones is 1. The van der Waals surface area contributed by atoms with Gasteiger partial charge in [0.25, 0.3) is 0 Å². The van der Waals surface area contributed by atoms with Crippen molar-refractivity contribution in [3.63, 3.8) is 0 Å². The number of nitriles is 2. The van der Waals surface area contributed by atoms with Crippen molar-refractivity contribution in [3.05, 3.63) is 112 Å². The van der Waals surface area contributed by atoms with Crippen molar-refractivity contribution in [2.24, 2.45) is 0 Å². The summed E-state index contributed by atoms with van der Waals surface area (Å²) in [6, 6.07) is 25.9. The fourth-order valence-electron chi connectivity index (χ4n) is 5.84. The largest absolute Gasteiger partial charge is 0.378 e. The highest BCUT2D eigenvalue weighted by Crippen LogP contribution is 2.40. The van der Waals surface area contributed by atoms with Crippen molar-refractivity contribution in [3.8, 4) is 12.1 Å². The average Bonchev–Trinajstić information content (AvgIpc) is 3.78. The van der Waals surface area contributed by atoms with E-state index in [0.717, 1.165) is 29.7 Å². The maximum atomic E-state index is 13.1. The van der Waals surface area contributed by atoms with E-state index in [1.165, 1.54) is 13.1 Å². The van der Waals surface area contributed by atoms with Crippen LogP contribution in [0.5, 0.6) is 0 Å². The minimum Gasteiger partial charge on any atom is -0.378 e. The van der Waals surface area contributed by atoms with Crippen molar-refractivity contribution < 1.29 is 4.79 Å². The normalized spacial score (nSPS) is 16.1. The Morgan fingerprint density at radius 3 is 2.62 bits per heavy atom. The molecule has 11 heteroatoms. The van der Waals surface area contributed by atoms with Gasteiger partial charge in [0.2, 0.25) is 0 Å². The zero-order valence-corrected chi connectivity index (χ0v) is 25.8. The second kappa shape index (κ2) is 12.5. The Labute approximate surface area is 268 Å². The van der Waals surface area contributed by atoms with E-state index in [9.17, 15) is 15.3 Å². The number of nitrogens with zero attached hydrogens (tertiary/aromatic N) is 4. The molecule has 6 rings (SSSR count). The summed E-state index contributed by atoms with van der Waals surface area (Å²) in [4.78, 5) is 17.7. The number of halogens is 1. The molecule has 1 unspecified atom stereocenters. The zero-order valence-electron chi connectivity index (χ0n) is 25.1. The molecule has 1 aromatic heterocycles. The Balaban J connectivity index is 1.50. The summed E-state index contributed by atoms with van der Waals surface area (Å²) >= 11 is 6.80. The number of hydrogen-bond acceptors (Lipinski definition) is 9. The van der Waals surface area contributed by atoms with Gasteiger partial charge in [-0.3, -0.25) is 14.8 Å². The van der Waals surface area contributed by atoms with Crippen LogP contribution in [0.1, 0.15) is 65.7 Å². The van der Waals surface area contributed by atoms with Crippen molar-refractivity contribution in [1.82, 2.24) is 21.0 Å². The number of hydrogen-bond donors (Lipinski definition) is 4. The lowest BCUT2D eigenvalue weighted by Crippen LogP contribution is -2.45. The quantitative estimate of drug-likeness (QED) is 0.125. The molecule has 0 saturated heterocycles. The van der Waals surface area contributed by atoms with E-state index in [0.29, 0.717) is 57.3 Å². The number of carbonyl (C=O) groups is 1. The van der Waals surface area contributed by atoms with Crippen LogP contribution >= 0.6 is 11.6 Å². The van der Waals surface area contributed by atoms with Gasteiger partial charge in [-0.15, -0.1) is 5.53 Å². The summed E-state index contributed by atoms with van der Waals surface area (Å²) in [6.45, 7) is 1.51. The highest BCUT2D eigenvalue weighted by molar-refractivity contribution is 6.33. The van der Waals surface area contributed by atoms with Crippen LogP contribution in [0, 0.1) is 22.7 Å². The van der Waals surface area contributed by atoms with Crippen LogP contribution in [-0.4, -0.2) is 29.7 Å². The molecule has 1 fully saturated rings. The number of fused-ring (bicyclic) bond motifs is 1. The molecule has 9 nitrogen and oxygen atoms in total. The van der Waals surface area contributed by atoms with Gasteiger partial charge in [-0.25, -0.2) is 0 Å². The first kappa shape index (κ1) is 30.0. The summed E-state index contributed by atoms with van der Waals surface area (Å²) in [5, 5.41) is 30.1. The third-order valence-electron chi connectivity index (χ3n) is 8.41. The van der Waals surface area contributed by atoms with Gasteiger partial charge in [0, 0.05) is 46.5 Å². The summed E-state index contributed by atoms with van der Waals surface area (Å²) in [5.41, 5.74) is 10.9. The molecular formula is C34H32BClN8O. The maximum absolute atomic E-state index is 13.1. The molecule has 4 N–H and O–H groups in total. The molecule has 4 aromatic rings. The maximum Gasteiger partial charge on any atom is 0.162 e. The van der Waals surface area contributed by atoms with Gasteiger partial charge in [-0.05, 0) is 55.5 Å². The molecule has 0 radical (unpaired) electrons. The molecule has 0 amide bonds. The lowest BCUT2D eigenvalue weighted by Gasteiger charge is -2.35. The Morgan fingerprint density at radius 1 is 1.18 bits per heavy atom. The highest BCUT2D eigenvalue weighted by atomic mass is 35.5.